The summed E-state index contributed by atoms with van der Waals surface area (Å²) in [5, 5.41) is 11.7. The van der Waals surface area contributed by atoms with Crippen LogP contribution >= 0.6 is 0 Å². The molecule has 0 radical (unpaired) electrons. The highest BCUT2D eigenvalue weighted by atomic mass is 19.1. The van der Waals surface area contributed by atoms with E-state index in [2.05, 4.69) is 20.5 Å². The molecule has 2 aromatic heterocycles. The van der Waals surface area contributed by atoms with Crippen molar-refractivity contribution < 1.29 is 8.78 Å². The van der Waals surface area contributed by atoms with Gasteiger partial charge >= 0.3 is 0 Å². The Labute approximate surface area is 177 Å². The zero-order valence-electron chi connectivity index (χ0n) is 17.0. The quantitative estimate of drug-likeness (QED) is 0.525. The van der Waals surface area contributed by atoms with Crippen LogP contribution < -0.4 is 5.32 Å². The normalized spacial score (nSPS) is 16.0. The van der Waals surface area contributed by atoms with Crippen LogP contribution in [0.15, 0.2) is 48.8 Å². The van der Waals surface area contributed by atoms with Crippen LogP contribution in [0.3, 0.4) is 0 Å². The Kier molecular flexibility index (Phi) is 4.93. The van der Waals surface area contributed by atoms with Gasteiger partial charge in [0.05, 0.1) is 0 Å². The second kappa shape index (κ2) is 7.90. The summed E-state index contributed by atoms with van der Waals surface area (Å²) in [6.07, 6.45) is 4.35. The predicted octanol–water partition coefficient (Wildman–Crippen LogP) is 4.50. The van der Waals surface area contributed by atoms with Gasteiger partial charge in [0.15, 0.2) is 5.82 Å². The molecular formula is C22H21F2N7. The number of fused-ring (bicyclic) bond motifs is 1. The van der Waals surface area contributed by atoms with Gasteiger partial charge < -0.3 is 5.32 Å². The summed E-state index contributed by atoms with van der Waals surface area (Å²) < 4.78 is 31.4. The Bertz CT molecular complexity index is 1210. The summed E-state index contributed by atoms with van der Waals surface area (Å²) in [6.45, 7) is 2.53. The molecule has 0 saturated heterocycles. The summed E-state index contributed by atoms with van der Waals surface area (Å²) in [7, 11) is 0. The molecule has 0 saturated carbocycles. The Morgan fingerprint density at radius 1 is 1.06 bits per heavy atom. The lowest BCUT2D eigenvalue weighted by Crippen LogP contribution is -2.08. The summed E-state index contributed by atoms with van der Waals surface area (Å²) in [5.41, 5.74) is 1.88. The van der Waals surface area contributed by atoms with Gasteiger partial charge in [-0.15, -0.1) is 5.10 Å². The van der Waals surface area contributed by atoms with E-state index in [0.29, 0.717) is 23.1 Å². The monoisotopic (exact) mass is 421 g/mol. The Morgan fingerprint density at radius 2 is 1.90 bits per heavy atom. The minimum atomic E-state index is -0.427. The molecule has 1 N–H and O–H groups in total. The maximum atomic E-state index is 14.7. The standard InChI is InChI=1S/C22H21F2N7/c1-14-25-13-26-31(14)20-10-9-17(12-19(20)24)27-22-28-21-18(4-2-3-11-30(21)29-22)15-5-7-16(23)8-6-15/h5-10,12-13,18H,2-4,11H2,1H3,(H,27,29)/t18-/m0/s1. The first kappa shape index (κ1) is 19.3. The molecule has 1 atom stereocenters. The predicted molar refractivity (Wildman–Crippen MR) is 111 cm³/mol. The van der Waals surface area contributed by atoms with Crippen molar-refractivity contribution in [2.75, 3.05) is 5.32 Å². The third-order valence-electron chi connectivity index (χ3n) is 5.55. The van der Waals surface area contributed by atoms with E-state index < -0.39 is 5.82 Å². The van der Waals surface area contributed by atoms with Gasteiger partial charge in [0.1, 0.15) is 29.5 Å². The van der Waals surface area contributed by atoms with E-state index in [-0.39, 0.29) is 11.7 Å². The highest BCUT2D eigenvalue weighted by Gasteiger charge is 2.24. The first-order chi connectivity index (χ1) is 15.1. The van der Waals surface area contributed by atoms with Crippen molar-refractivity contribution in [1.82, 2.24) is 29.5 Å². The Hall–Kier alpha value is -3.62. The molecule has 9 heteroatoms. The van der Waals surface area contributed by atoms with Crippen molar-refractivity contribution in [2.24, 2.45) is 0 Å². The van der Waals surface area contributed by atoms with Crippen LogP contribution in [0.25, 0.3) is 5.69 Å². The third kappa shape index (κ3) is 3.78. The lowest BCUT2D eigenvalue weighted by Gasteiger charge is -2.14. The SMILES string of the molecule is Cc1ncnn1-c1ccc(Nc2nc3n(n2)CCCC[C@H]3c2ccc(F)cc2)cc1F. The number of nitrogens with one attached hydrogen (secondary N) is 1. The van der Waals surface area contributed by atoms with Gasteiger partial charge in [0.2, 0.25) is 5.95 Å². The molecule has 158 valence electrons. The molecule has 0 fully saturated rings. The minimum Gasteiger partial charge on any atom is -0.323 e. The molecule has 31 heavy (non-hydrogen) atoms. The van der Waals surface area contributed by atoms with Gasteiger partial charge in [-0.1, -0.05) is 18.6 Å². The first-order valence-corrected chi connectivity index (χ1v) is 10.2. The van der Waals surface area contributed by atoms with E-state index in [1.165, 1.54) is 29.2 Å². The van der Waals surface area contributed by atoms with Crippen LogP contribution in [-0.2, 0) is 6.54 Å². The number of hydrogen-bond donors (Lipinski definition) is 1. The molecule has 2 aromatic carbocycles. The number of aryl methyl sites for hydroxylation is 2. The molecule has 0 aliphatic carbocycles. The van der Waals surface area contributed by atoms with E-state index in [4.69, 9.17) is 4.98 Å². The summed E-state index contributed by atoms with van der Waals surface area (Å²) in [4.78, 5) is 8.73. The highest BCUT2D eigenvalue weighted by Crippen LogP contribution is 2.32. The molecule has 1 aliphatic rings. The average molecular weight is 421 g/mol. The zero-order chi connectivity index (χ0) is 21.4. The van der Waals surface area contributed by atoms with Gasteiger partial charge in [-0.3, -0.25) is 0 Å². The second-order valence-corrected chi connectivity index (χ2v) is 7.63. The van der Waals surface area contributed by atoms with Gasteiger partial charge in [-0.2, -0.15) is 10.1 Å². The second-order valence-electron chi connectivity index (χ2n) is 7.63. The summed E-state index contributed by atoms with van der Waals surface area (Å²) in [5.74, 6) is 1.21. The zero-order valence-corrected chi connectivity index (χ0v) is 17.0. The lowest BCUT2D eigenvalue weighted by atomic mass is 9.93. The molecule has 0 spiro atoms. The van der Waals surface area contributed by atoms with Crippen molar-refractivity contribution >= 4 is 11.6 Å². The molecule has 0 unspecified atom stereocenters. The number of hydrogen-bond acceptors (Lipinski definition) is 5. The Morgan fingerprint density at radius 3 is 2.65 bits per heavy atom. The maximum Gasteiger partial charge on any atom is 0.246 e. The topological polar surface area (TPSA) is 73.5 Å². The van der Waals surface area contributed by atoms with Gasteiger partial charge in [-0.25, -0.2) is 23.1 Å². The van der Waals surface area contributed by atoms with Crippen LogP contribution in [-0.4, -0.2) is 29.5 Å². The molecule has 7 nitrogen and oxygen atoms in total. The van der Waals surface area contributed by atoms with Crippen molar-refractivity contribution in [1.29, 1.82) is 0 Å². The largest absolute Gasteiger partial charge is 0.323 e. The molecule has 0 bridgehead atoms. The van der Waals surface area contributed by atoms with E-state index in [9.17, 15) is 8.78 Å². The number of benzene rings is 2. The fraction of sp³-hybridized carbons (Fsp3) is 0.273. The van der Waals surface area contributed by atoms with Crippen molar-refractivity contribution in [3.8, 4) is 5.69 Å². The van der Waals surface area contributed by atoms with E-state index in [1.54, 1.807) is 31.2 Å². The number of nitrogens with zero attached hydrogens (tertiary/aromatic N) is 6. The van der Waals surface area contributed by atoms with Gasteiger partial charge in [0.25, 0.3) is 0 Å². The molecule has 5 rings (SSSR count). The smallest absolute Gasteiger partial charge is 0.246 e. The van der Waals surface area contributed by atoms with E-state index in [0.717, 1.165) is 37.2 Å². The Balaban J connectivity index is 1.42. The molecule has 3 heterocycles. The molecule has 0 amide bonds. The van der Waals surface area contributed by atoms with Gasteiger partial charge in [0, 0.05) is 18.2 Å². The molecule has 4 aromatic rings. The molecule has 1 aliphatic heterocycles. The lowest BCUT2D eigenvalue weighted by molar-refractivity contribution is 0.576. The van der Waals surface area contributed by atoms with Gasteiger partial charge in [-0.05, 0) is 55.7 Å². The average Bonchev–Trinajstić information content (AvgIpc) is 3.30. The van der Waals surface area contributed by atoms with Crippen LogP contribution in [0, 0.1) is 18.6 Å². The van der Waals surface area contributed by atoms with Crippen LogP contribution in [0.5, 0.6) is 0 Å². The van der Waals surface area contributed by atoms with Crippen LogP contribution in [0.2, 0.25) is 0 Å². The fourth-order valence-corrected chi connectivity index (χ4v) is 4.00. The first-order valence-electron chi connectivity index (χ1n) is 10.2. The number of anilines is 2. The summed E-state index contributed by atoms with van der Waals surface area (Å²) in [6, 6.07) is 11.3. The maximum absolute atomic E-state index is 14.7. The molecular weight excluding hydrogens is 400 g/mol. The van der Waals surface area contributed by atoms with Crippen molar-refractivity contribution in [3.63, 3.8) is 0 Å². The number of halogens is 2. The number of rotatable bonds is 4. The fourth-order valence-electron chi connectivity index (χ4n) is 4.00. The van der Waals surface area contributed by atoms with Crippen molar-refractivity contribution in [2.45, 2.75) is 38.6 Å². The van der Waals surface area contributed by atoms with Crippen LogP contribution in [0.1, 0.15) is 42.4 Å². The van der Waals surface area contributed by atoms with E-state index in [1.807, 2.05) is 4.68 Å². The number of aromatic nitrogens is 6. The van der Waals surface area contributed by atoms with Crippen LogP contribution in [0.4, 0.5) is 20.4 Å². The summed E-state index contributed by atoms with van der Waals surface area (Å²) >= 11 is 0. The highest BCUT2D eigenvalue weighted by molar-refractivity contribution is 5.56. The minimum absolute atomic E-state index is 0.0422. The van der Waals surface area contributed by atoms with Crippen molar-refractivity contribution in [3.05, 3.63) is 77.6 Å². The van der Waals surface area contributed by atoms with E-state index >= 15 is 0 Å². The third-order valence-corrected chi connectivity index (χ3v) is 5.55.